The van der Waals surface area contributed by atoms with Crippen molar-refractivity contribution in [3.8, 4) is 5.75 Å². The first-order valence-electron chi connectivity index (χ1n) is 8.96. The lowest BCUT2D eigenvalue weighted by molar-refractivity contribution is -0.128. The lowest BCUT2D eigenvalue weighted by Crippen LogP contribution is -2.28. The van der Waals surface area contributed by atoms with Crippen LogP contribution in [0.4, 0.5) is 0 Å². The average Bonchev–Trinajstić information content (AvgIpc) is 3.04. The molecule has 0 spiro atoms. The van der Waals surface area contributed by atoms with E-state index in [4.69, 9.17) is 4.74 Å². The SMILES string of the molecule is Cc1cccc(OCCNC(=O)c2ccc(CN3CCCC3=O)cc2)c1. The monoisotopic (exact) mass is 352 g/mol. The van der Waals surface area contributed by atoms with Crippen LogP contribution >= 0.6 is 0 Å². The van der Waals surface area contributed by atoms with Crippen LogP contribution in [0.15, 0.2) is 48.5 Å². The second kappa shape index (κ2) is 8.52. The summed E-state index contributed by atoms with van der Waals surface area (Å²) in [6, 6.07) is 15.2. The molecule has 1 aliphatic rings. The Morgan fingerprint density at radius 2 is 2.00 bits per heavy atom. The number of hydrogen-bond acceptors (Lipinski definition) is 3. The first-order valence-corrected chi connectivity index (χ1v) is 8.96. The van der Waals surface area contributed by atoms with Crippen LogP contribution in [0.3, 0.4) is 0 Å². The van der Waals surface area contributed by atoms with Gasteiger partial charge in [-0.3, -0.25) is 9.59 Å². The molecule has 1 N–H and O–H groups in total. The number of amides is 2. The Balaban J connectivity index is 1.43. The van der Waals surface area contributed by atoms with Gasteiger partial charge in [0.25, 0.3) is 5.91 Å². The van der Waals surface area contributed by atoms with Crippen molar-refractivity contribution >= 4 is 11.8 Å². The van der Waals surface area contributed by atoms with Gasteiger partial charge in [0.15, 0.2) is 0 Å². The predicted octanol–water partition coefficient (Wildman–Crippen LogP) is 2.93. The van der Waals surface area contributed by atoms with Crippen LogP contribution in [0.2, 0.25) is 0 Å². The molecule has 0 radical (unpaired) electrons. The smallest absolute Gasteiger partial charge is 0.251 e. The van der Waals surface area contributed by atoms with Gasteiger partial charge in [-0.05, 0) is 48.7 Å². The highest BCUT2D eigenvalue weighted by molar-refractivity contribution is 5.94. The fraction of sp³-hybridized carbons (Fsp3) is 0.333. The van der Waals surface area contributed by atoms with E-state index in [-0.39, 0.29) is 11.8 Å². The minimum Gasteiger partial charge on any atom is -0.492 e. The summed E-state index contributed by atoms with van der Waals surface area (Å²) in [5, 5.41) is 2.85. The van der Waals surface area contributed by atoms with Gasteiger partial charge in [0.2, 0.25) is 5.91 Å². The molecule has 1 aliphatic heterocycles. The molecule has 1 saturated heterocycles. The summed E-state index contributed by atoms with van der Waals surface area (Å²) in [6.45, 7) is 4.31. The molecule has 0 atom stereocenters. The van der Waals surface area contributed by atoms with Gasteiger partial charge in [0, 0.05) is 25.1 Å². The fourth-order valence-electron chi connectivity index (χ4n) is 2.99. The van der Waals surface area contributed by atoms with Gasteiger partial charge in [-0.15, -0.1) is 0 Å². The summed E-state index contributed by atoms with van der Waals surface area (Å²) in [5.74, 6) is 0.891. The number of nitrogens with zero attached hydrogens (tertiary/aromatic N) is 1. The van der Waals surface area contributed by atoms with Gasteiger partial charge in [0.05, 0.1) is 6.54 Å². The molecule has 1 fully saturated rings. The van der Waals surface area contributed by atoms with Crippen molar-refractivity contribution in [3.63, 3.8) is 0 Å². The second-order valence-electron chi connectivity index (χ2n) is 6.54. The molecule has 0 aliphatic carbocycles. The van der Waals surface area contributed by atoms with Crippen molar-refractivity contribution in [1.29, 1.82) is 0 Å². The molecule has 0 bridgehead atoms. The standard InChI is InChI=1S/C21H24N2O3/c1-16-4-2-5-19(14-16)26-13-11-22-21(25)18-9-7-17(8-10-18)15-23-12-3-6-20(23)24/h2,4-5,7-10,14H,3,6,11-13,15H2,1H3,(H,22,25). The lowest BCUT2D eigenvalue weighted by Gasteiger charge is -2.15. The van der Waals surface area contributed by atoms with Crippen molar-refractivity contribution in [2.24, 2.45) is 0 Å². The zero-order chi connectivity index (χ0) is 18.4. The normalized spacial score (nSPS) is 13.7. The van der Waals surface area contributed by atoms with Crippen LogP contribution in [0.1, 0.15) is 34.3 Å². The number of rotatable bonds is 7. The van der Waals surface area contributed by atoms with Crippen molar-refractivity contribution in [2.45, 2.75) is 26.3 Å². The number of hydrogen-bond donors (Lipinski definition) is 1. The minimum absolute atomic E-state index is 0.123. The first-order chi connectivity index (χ1) is 12.6. The first kappa shape index (κ1) is 18.0. The summed E-state index contributed by atoms with van der Waals surface area (Å²) in [5.41, 5.74) is 2.79. The number of likely N-dealkylation sites (tertiary alicyclic amines) is 1. The number of ether oxygens (including phenoxy) is 1. The van der Waals surface area contributed by atoms with Gasteiger partial charge in [-0.25, -0.2) is 0 Å². The molecule has 1 heterocycles. The Hall–Kier alpha value is -2.82. The van der Waals surface area contributed by atoms with Crippen LogP contribution < -0.4 is 10.1 Å². The van der Waals surface area contributed by atoms with E-state index in [1.54, 1.807) is 12.1 Å². The topological polar surface area (TPSA) is 58.6 Å². The molecule has 136 valence electrons. The van der Waals surface area contributed by atoms with E-state index < -0.39 is 0 Å². The van der Waals surface area contributed by atoms with Crippen LogP contribution in [0, 0.1) is 6.92 Å². The molecule has 2 aromatic rings. The number of carbonyl (C=O) groups excluding carboxylic acids is 2. The van der Waals surface area contributed by atoms with E-state index in [1.807, 2.05) is 48.2 Å². The van der Waals surface area contributed by atoms with Crippen LogP contribution in [-0.2, 0) is 11.3 Å². The molecule has 0 saturated carbocycles. The van der Waals surface area contributed by atoms with Crippen LogP contribution in [0.25, 0.3) is 0 Å². The summed E-state index contributed by atoms with van der Waals surface area (Å²) in [4.78, 5) is 25.7. The third kappa shape index (κ3) is 4.85. The van der Waals surface area contributed by atoms with E-state index in [9.17, 15) is 9.59 Å². The van der Waals surface area contributed by atoms with E-state index >= 15 is 0 Å². The van der Waals surface area contributed by atoms with Gasteiger partial charge < -0.3 is 15.0 Å². The number of benzene rings is 2. The number of aryl methyl sites for hydroxylation is 1. The third-order valence-corrected chi connectivity index (χ3v) is 4.41. The molecule has 0 unspecified atom stereocenters. The Morgan fingerprint density at radius 1 is 1.19 bits per heavy atom. The van der Waals surface area contributed by atoms with Gasteiger partial charge in [-0.2, -0.15) is 0 Å². The molecule has 5 nitrogen and oxygen atoms in total. The van der Waals surface area contributed by atoms with Crippen molar-refractivity contribution in [1.82, 2.24) is 10.2 Å². The van der Waals surface area contributed by atoms with Gasteiger partial charge in [0.1, 0.15) is 12.4 Å². The molecule has 0 aromatic heterocycles. The molecule has 5 heteroatoms. The highest BCUT2D eigenvalue weighted by Crippen LogP contribution is 2.15. The predicted molar refractivity (Wildman–Crippen MR) is 100 cm³/mol. The van der Waals surface area contributed by atoms with E-state index in [0.717, 1.165) is 29.8 Å². The van der Waals surface area contributed by atoms with Gasteiger partial charge in [-0.1, -0.05) is 24.3 Å². The second-order valence-corrected chi connectivity index (χ2v) is 6.54. The largest absolute Gasteiger partial charge is 0.492 e. The highest BCUT2D eigenvalue weighted by atomic mass is 16.5. The molecule has 3 rings (SSSR count). The summed E-state index contributed by atoms with van der Waals surface area (Å²) in [7, 11) is 0. The van der Waals surface area contributed by atoms with E-state index in [1.165, 1.54) is 0 Å². The maximum Gasteiger partial charge on any atom is 0.251 e. The fourth-order valence-corrected chi connectivity index (χ4v) is 2.99. The third-order valence-electron chi connectivity index (χ3n) is 4.41. The Bertz CT molecular complexity index is 771. The van der Waals surface area contributed by atoms with Crippen molar-refractivity contribution < 1.29 is 14.3 Å². The summed E-state index contributed by atoms with van der Waals surface area (Å²) in [6.07, 6.45) is 1.58. The number of carbonyl (C=O) groups is 2. The van der Waals surface area contributed by atoms with Gasteiger partial charge >= 0.3 is 0 Å². The highest BCUT2D eigenvalue weighted by Gasteiger charge is 2.19. The summed E-state index contributed by atoms with van der Waals surface area (Å²) >= 11 is 0. The lowest BCUT2D eigenvalue weighted by atomic mass is 10.1. The quantitative estimate of drug-likeness (QED) is 0.780. The number of nitrogens with one attached hydrogen (secondary N) is 1. The Morgan fingerprint density at radius 3 is 2.69 bits per heavy atom. The summed E-state index contributed by atoms with van der Waals surface area (Å²) < 4.78 is 5.62. The molecular formula is C21H24N2O3. The zero-order valence-corrected chi connectivity index (χ0v) is 15.0. The molecule has 2 amide bonds. The maximum atomic E-state index is 12.2. The maximum absolute atomic E-state index is 12.2. The minimum atomic E-state index is -0.123. The van der Waals surface area contributed by atoms with Crippen LogP contribution in [0.5, 0.6) is 5.75 Å². The Labute approximate surface area is 154 Å². The van der Waals surface area contributed by atoms with Crippen molar-refractivity contribution in [3.05, 3.63) is 65.2 Å². The zero-order valence-electron chi connectivity index (χ0n) is 15.0. The molecule has 2 aromatic carbocycles. The van der Waals surface area contributed by atoms with E-state index in [2.05, 4.69) is 5.32 Å². The Kier molecular flexibility index (Phi) is 5.89. The van der Waals surface area contributed by atoms with E-state index in [0.29, 0.717) is 31.7 Å². The van der Waals surface area contributed by atoms with Crippen molar-refractivity contribution in [2.75, 3.05) is 19.7 Å². The average molecular weight is 352 g/mol. The molecular weight excluding hydrogens is 328 g/mol. The molecule has 26 heavy (non-hydrogen) atoms. The van der Waals surface area contributed by atoms with Crippen LogP contribution in [-0.4, -0.2) is 36.4 Å².